The van der Waals surface area contributed by atoms with E-state index in [0.717, 1.165) is 20.5 Å². The summed E-state index contributed by atoms with van der Waals surface area (Å²) in [5.41, 5.74) is 0.400. The number of hydrogen-bond donors (Lipinski definition) is 0. The van der Waals surface area contributed by atoms with Crippen LogP contribution in [-0.2, 0) is 27.9 Å². The summed E-state index contributed by atoms with van der Waals surface area (Å²) in [4.78, 5) is 25.8. The minimum Gasteiger partial charge on any atom is -0.340 e. The van der Waals surface area contributed by atoms with Crippen LogP contribution < -0.4 is 5.56 Å². The van der Waals surface area contributed by atoms with Crippen molar-refractivity contribution in [3.05, 3.63) is 63.5 Å². The zero-order chi connectivity index (χ0) is 19.5. The first-order valence-electron chi connectivity index (χ1n) is 7.72. The number of sulfonamides is 1. The highest BCUT2D eigenvalue weighted by atomic mass is 35.5. The van der Waals surface area contributed by atoms with Crippen LogP contribution >= 0.6 is 11.6 Å². The fourth-order valence-electron chi connectivity index (χ4n) is 2.26. The minimum atomic E-state index is -3.69. The molecule has 1 aromatic carbocycles. The third-order valence-corrected chi connectivity index (χ3v) is 5.81. The van der Waals surface area contributed by atoms with Gasteiger partial charge in [-0.05, 0) is 23.8 Å². The molecule has 9 heteroatoms. The van der Waals surface area contributed by atoms with Crippen molar-refractivity contribution in [2.24, 2.45) is 0 Å². The topological polar surface area (TPSA) is 79.7 Å². The molecule has 1 heterocycles. The average Bonchev–Trinajstić information content (AvgIpc) is 2.56. The molecule has 0 unspecified atom stereocenters. The molecule has 7 nitrogen and oxygen atoms in total. The summed E-state index contributed by atoms with van der Waals surface area (Å²) in [5.74, 6) is -0.327. The maximum Gasteiger partial charge on any atom is 0.251 e. The van der Waals surface area contributed by atoms with Crippen molar-refractivity contribution in [3.63, 3.8) is 0 Å². The SMILES string of the molecule is CN(Cc1cccc(Cl)c1)C(=O)Cn1cc(S(=O)(=O)N(C)C)ccc1=O. The van der Waals surface area contributed by atoms with Gasteiger partial charge in [-0.25, -0.2) is 12.7 Å². The smallest absolute Gasteiger partial charge is 0.251 e. The van der Waals surface area contributed by atoms with E-state index in [0.29, 0.717) is 11.6 Å². The summed E-state index contributed by atoms with van der Waals surface area (Å²) < 4.78 is 26.5. The van der Waals surface area contributed by atoms with Crippen LogP contribution in [0.15, 0.2) is 52.3 Å². The number of halogens is 1. The standard InChI is InChI=1S/C17H20ClN3O4S/c1-19(2)26(24,25)15-7-8-16(22)21(11-15)12-17(23)20(3)10-13-5-4-6-14(18)9-13/h4-9,11H,10,12H2,1-3H3. The Morgan fingerprint density at radius 2 is 1.85 bits per heavy atom. The molecule has 0 radical (unpaired) electrons. The fraction of sp³-hybridized carbons (Fsp3) is 0.294. The van der Waals surface area contributed by atoms with Crippen molar-refractivity contribution in [3.8, 4) is 0 Å². The number of amides is 1. The quantitative estimate of drug-likeness (QED) is 0.738. The van der Waals surface area contributed by atoms with Crippen LogP contribution in [-0.4, -0.2) is 49.2 Å². The highest BCUT2D eigenvalue weighted by molar-refractivity contribution is 7.89. The predicted octanol–water partition coefficient (Wildman–Crippen LogP) is 1.41. The Kier molecular flexibility index (Phi) is 6.22. The third kappa shape index (κ3) is 4.72. The molecular formula is C17H20ClN3O4S. The molecule has 0 spiro atoms. The number of benzene rings is 1. The van der Waals surface area contributed by atoms with E-state index in [2.05, 4.69) is 0 Å². The van der Waals surface area contributed by atoms with Gasteiger partial charge >= 0.3 is 0 Å². The van der Waals surface area contributed by atoms with Crippen LogP contribution in [0.2, 0.25) is 5.02 Å². The Hall–Kier alpha value is -2.16. The highest BCUT2D eigenvalue weighted by Crippen LogP contribution is 2.13. The summed E-state index contributed by atoms with van der Waals surface area (Å²) in [6.07, 6.45) is 1.18. The first-order valence-corrected chi connectivity index (χ1v) is 9.54. The maximum absolute atomic E-state index is 12.4. The number of aromatic nitrogens is 1. The maximum atomic E-state index is 12.4. The van der Waals surface area contributed by atoms with Gasteiger partial charge in [0.05, 0.1) is 4.90 Å². The second kappa shape index (κ2) is 8.03. The van der Waals surface area contributed by atoms with E-state index >= 15 is 0 Å². The summed E-state index contributed by atoms with van der Waals surface area (Å²) in [6, 6.07) is 9.49. The largest absolute Gasteiger partial charge is 0.340 e. The molecule has 1 aromatic heterocycles. The van der Waals surface area contributed by atoms with E-state index < -0.39 is 15.6 Å². The van der Waals surface area contributed by atoms with Crippen LogP contribution in [0.1, 0.15) is 5.56 Å². The average molecular weight is 398 g/mol. The first kappa shape index (κ1) is 20.2. The summed E-state index contributed by atoms with van der Waals surface area (Å²) in [7, 11) is 0.709. The van der Waals surface area contributed by atoms with Gasteiger partial charge in [0.25, 0.3) is 5.56 Å². The van der Waals surface area contributed by atoms with Crippen LogP contribution in [0.3, 0.4) is 0 Å². The molecule has 140 valence electrons. The normalized spacial score (nSPS) is 11.6. The predicted molar refractivity (Wildman–Crippen MR) is 99.5 cm³/mol. The molecule has 0 atom stereocenters. The Bertz CT molecular complexity index is 970. The van der Waals surface area contributed by atoms with Crippen molar-refractivity contribution in [1.29, 1.82) is 0 Å². The van der Waals surface area contributed by atoms with Gasteiger partial charge < -0.3 is 9.47 Å². The van der Waals surface area contributed by atoms with Gasteiger partial charge in [-0.3, -0.25) is 9.59 Å². The summed E-state index contributed by atoms with van der Waals surface area (Å²) in [6.45, 7) is 0.0660. The van der Waals surface area contributed by atoms with Crippen LogP contribution in [0.25, 0.3) is 0 Å². The van der Waals surface area contributed by atoms with Gasteiger partial charge in [0.15, 0.2) is 0 Å². The lowest BCUT2D eigenvalue weighted by atomic mass is 10.2. The molecule has 0 aliphatic rings. The lowest BCUT2D eigenvalue weighted by Gasteiger charge is -2.19. The monoisotopic (exact) mass is 397 g/mol. The van der Waals surface area contributed by atoms with Crippen LogP contribution in [0.5, 0.6) is 0 Å². The lowest BCUT2D eigenvalue weighted by molar-refractivity contribution is -0.131. The molecule has 0 aliphatic carbocycles. The van der Waals surface area contributed by atoms with Crippen molar-refractivity contribution >= 4 is 27.5 Å². The Labute approximate surface area is 157 Å². The lowest BCUT2D eigenvalue weighted by Crippen LogP contribution is -2.34. The number of carbonyl (C=O) groups is 1. The number of hydrogen-bond acceptors (Lipinski definition) is 4. The molecule has 2 aromatic rings. The van der Waals surface area contributed by atoms with E-state index in [1.807, 2.05) is 6.07 Å². The number of carbonyl (C=O) groups excluding carboxylic acids is 1. The van der Waals surface area contributed by atoms with Crippen molar-refractivity contribution in [2.75, 3.05) is 21.1 Å². The van der Waals surface area contributed by atoms with Crippen molar-refractivity contribution in [1.82, 2.24) is 13.8 Å². The summed E-state index contributed by atoms with van der Waals surface area (Å²) >= 11 is 5.93. The second-order valence-corrected chi connectivity index (χ2v) is 8.59. The van der Waals surface area contributed by atoms with Crippen molar-refractivity contribution in [2.45, 2.75) is 18.0 Å². The third-order valence-electron chi connectivity index (χ3n) is 3.78. The van der Waals surface area contributed by atoms with E-state index in [4.69, 9.17) is 11.6 Å². The first-order chi connectivity index (χ1) is 12.1. The Balaban J connectivity index is 2.19. The molecule has 0 saturated carbocycles. The van der Waals surface area contributed by atoms with Gasteiger partial charge in [-0.1, -0.05) is 23.7 Å². The molecule has 0 bridgehead atoms. The Morgan fingerprint density at radius 1 is 1.15 bits per heavy atom. The highest BCUT2D eigenvalue weighted by Gasteiger charge is 2.19. The van der Waals surface area contributed by atoms with Gasteiger partial charge in [0.1, 0.15) is 6.54 Å². The number of rotatable bonds is 6. The number of likely N-dealkylation sites (N-methyl/N-ethyl adjacent to an activating group) is 1. The molecular weight excluding hydrogens is 378 g/mol. The van der Waals surface area contributed by atoms with Crippen LogP contribution in [0, 0.1) is 0 Å². The fourth-order valence-corrected chi connectivity index (χ4v) is 3.40. The molecule has 0 saturated heterocycles. The minimum absolute atomic E-state index is 0.0487. The molecule has 26 heavy (non-hydrogen) atoms. The second-order valence-electron chi connectivity index (χ2n) is 6.00. The number of nitrogens with zero attached hydrogens (tertiary/aromatic N) is 3. The van der Waals surface area contributed by atoms with Gasteiger partial charge in [-0.15, -0.1) is 0 Å². The van der Waals surface area contributed by atoms with E-state index in [-0.39, 0.29) is 17.3 Å². The van der Waals surface area contributed by atoms with E-state index in [1.165, 1.54) is 31.3 Å². The van der Waals surface area contributed by atoms with E-state index in [9.17, 15) is 18.0 Å². The zero-order valence-electron chi connectivity index (χ0n) is 14.7. The van der Waals surface area contributed by atoms with Crippen LogP contribution in [0.4, 0.5) is 0 Å². The van der Waals surface area contributed by atoms with Gasteiger partial charge in [-0.2, -0.15) is 0 Å². The molecule has 0 fully saturated rings. The zero-order valence-corrected chi connectivity index (χ0v) is 16.3. The Morgan fingerprint density at radius 3 is 2.46 bits per heavy atom. The summed E-state index contributed by atoms with van der Waals surface area (Å²) in [5, 5.41) is 0.571. The van der Waals surface area contributed by atoms with E-state index in [1.54, 1.807) is 25.2 Å². The number of pyridine rings is 1. The molecule has 0 N–H and O–H groups in total. The van der Waals surface area contributed by atoms with Gasteiger partial charge in [0.2, 0.25) is 15.9 Å². The van der Waals surface area contributed by atoms with Crippen molar-refractivity contribution < 1.29 is 13.2 Å². The molecule has 1 amide bonds. The van der Waals surface area contributed by atoms with Gasteiger partial charge in [0, 0.05) is 45.0 Å². The molecule has 0 aliphatic heterocycles. The molecule has 2 rings (SSSR count).